The number of hydrogen-bond donors (Lipinski definition) is 14. The molecule has 240 valence electrons. The zero-order valence-electron chi connectivity index (χ0n) is 22.3. The first kappa shape index (κ1) is 35.5. The van der Waals surface area contributed by atoms with Crippen molar-refractivity contribution in [2.24, 2.45) is 22.2 Å². The summed E-state index contributed by atoms with van der Waals surface area (Å²) in [4.78, 5) is 3.91. The Bertz CT molecular complexity index is 909. The molecule has 20 heteroatoms. The van der Waals surface area contributed by atoms with E-state index >= 15 is 0 Å². The number of nitrogens with zero attached hydrogens (tertiary/aromatic N) is 1. The van der Waals surface area contributed by atoms with E-state index in [-0.39, 0.29) is 12.4 Å². The highest BCUT2D eigenvalue weighted by Gasteiger charge is 2.60. The number of nitrogens with one attached hydrogen (secondary N) is 3. The number of aliphatic hydroxyl groups excluding tert-OH is 7. The Morgan fingerprint density at radius 1 is 0.927 bits per heavy atom. The van der Waals surface area contributed by atoms with Gasteiger partial charge in [0.25, 0.3) is 0 Å². The Labute approximate surface area is 241 Å². The molecule has 17 N–H and O–H groups in total. The molecule has 2 heterocycles. The lowest BCUT2D eigenvalue weighted by molar-refractivity contribution is -0.317. The molecule has 3 aliphatic rings. The van der Waals surface area contributed by atoms with E-state index in [9.17, 15) is 40.9 Å². The number of guanidine groups is 2. The first-order chi connectivity index (χ1) is 18.7. The van der Waals surface area contributed by atoms with Crippen molar-refractivity contribution >= 4 is 24.3 Å². The smallest absolute Gasteiger partial charge is 0.187 e. The molecule has 0 unspecified atom stereocenters. The number of aliphatic hydroxyl groups is 8. The molecule has 3 fully saturated rings. The van der Waals surface area contributed by atoms with Crippen LogP contribution in [0.3, 0.4) is 0 Å². The molecular formula is C21H42ClN7O12. The molecule has 3 rings (SSSR count). The number of nitrogens with two attached hydrogens (primary N) is 3. The molecule has 0 aromatic heterocycles. The number of likely N-dealkylation sites (N-methyl/N-ethyl adjacent to an activating group) is 1. The third kappa shape index (κ3) is 6.94. The van der Waals surface area contributed by atoms with Crippen LogP contribution in [0.4, 0.5) is 0 Å². The van der Waals surface area contributed by atoms with Crippen LogP contribution >= 0.6 is 12.4 Å². The van der Waals surface area contributed by atoms with Gasteiger partial charge in [-0.1, -0.05) is 0 Å². The van der Waals surface area contributed by atoms with Gasteiger partial charge < -0.3 is 87.6 Å². The van der Waals surface area contributed by atoms with Gasteiger partial charge in [0.1, 0.15) is 60.5 Å². The molecule has 1 aliphatic carbocycles. The normalized spacial score (nSPS) is 46.4. The van der Waals surface area contributed by atoms with Crippen LogP contribution in [0.2, 0.25) is 0 Å². The Kier molecular flexibility index (Phi) is 12.3. The highest BCUT2D eigenvalue weighted by molar-refractivity contribution is 5.85. The largest absolute Gasteiger partial charge is 0.394 e. The number of ether oxygens (including phenoxy) is 4. The van der Waals surface area contributed by atoms with Crippen molar-refractivity contribution in [1.29, 1.82) is 5.41 Å². The molecule has 41 heavy (non-hydrogen) atoms. The van der Waals surface area contributed by atoms with E-state index in [0.29, 0.717) is 0 Å². The van der Waals surface area contributed by atoms with Crippen LogP contribution in [-0.4, -0.2) is 164 Å². The summed E-state index contributed by atoms with van der Waals surface area (Å²) in [7, 11) is 1.44. The summed E-state index contributed by atoms with van der Waals surface area (Å²) in [5.41, 5.74) is 14.2. The fourth-order valence-electron chi connectivity index (χ4n) is 5.22. The van der Waals surface area contributed by atoms with E-state index in [1.165, 1.54) is 14.0 Å². The Balaban J connectivity index is 0.00000588. The van der Waals surface area contributed by atoms with Crippen molar-refractivity contribution in [2.45, 2.75) is 98.2 Å². The average molecular weight is 620 g/mol. The number of hydrogen-bond acceptors (Lipinski definition) is 15. The van der Waals surface area contributed by atoms with E-state index in [2.05, 4.69) is 15.6 Å². The molecule has 0 spiro atoms. The maximum absolute atomic E-state index is 11.3. The molecule has 1 saturated carbocycles. The first-order valence-corrected chi connectivity index (χ1v) is 12.5. The summed E-state index contributed by atoms with van der Waals surface area (Å²) in [5.74, 6) is -1.13. The van der Waals surface area contributed by atoms with Gasteiger partial charge in [0.15, 0.2) is 24.5 Å². The standard InChI is InChI=1S/C21H41N7O12.ClH/c1-5-21(36,4-30)16(40-17-9(26-2)13(34)10(31)6(3-29)38-17)18(37-5)39-15-8(28-20(24)25)11(32)7(27-19(22)23)12(33)14(15)35;/h5-18,26,29-36H,3-4H2,1-2H3,(H4,22,23,27)(H4,24,25,28);1H/t5-,6-,7+,8-,9-,10-,11+,12-,13-,14+,15+,16-,17-,18-,21+;/m0./s1. The lowest BCUT2D eigenvalue weighted by Gasteiger charge is -2.46. The summed E-state index contributed by atoms with van der Waals surface area (Å²) in [6.07, 6.45) is -16.9. The molecule has 0 amide bonds. The Hall–Kier alpha value is -1.69. The lowest BCUT2D eigenvalue weighted by atomic mass is 9.81. The van der Waals surface area contributed by atoms with Crippen molar-refractivity contribution in [3.8, 4) is 0 Å². The van der Waals surface area contributed by atoms with Crippen molar-refractivity contribution in [1.82, 2.24) is 10.6 Å². The van der Waals surface area contributed by atoms with Gasteiger partial charge >= 0.3 is 0 Å². The minimum atomic E-state index is -2.15. The maximum Gasteiger partial charge on any atom is 0.187 e. The van der Waals surface area contributed by atoms with Crippen molar-refractivity contribution < 1.29 is 59.8 Å². The van der Waals surface area contributed by atoms with Crippen molar-refractivity contribution in [2.75, 3.05) is 20.3 Å². The fourth-order valence-corrected chi connectivity index (χ4v) is 5.22. The van der Waals surface area contributed by atoms with E-state index in [1.807, 2.05) is 0 Å². The average Bonchev–Trinajstić information content (AvgIpc) is 3.13. The summed E-state index contributed by atoms with van der Waals surface area (Å²) >= 11 is 0. The molecule has 2 aliphatic heterocycles. The quantitative estimate of drug-likeness (QED) is 0.0840. The van der Waals surface area contributed by atoms with Crippen molar-refractivity contribution in [3.63, 3.8) is 0 Å². The van der Waals surface area contributed by atoms with Gasteiger partial charge in [-0.3, -0.25) is 5.41 Å². The predicted octanol–water partition coefficient (Wildman–Crippen LogP) is -7.74. The van der Waals surface area contributed by atoms with Gasteiger partial charge in [0, 0.05) is 0 Å². The van der Waals surface area contributed by atoms with Gasteiger partial charge in [-0.15, -0.1) is 12.4 Å². The third-order valence-electron chi connectivity index (χ3n) is 7.55. The molecule has 0 radical (unpaired) electrons. The lowest BCUT2D eigenvalue weighted by Crippen LogP contribution is -2.70. The Morgan fingerprint density at radius 2 is 1.54 bits per heavy atom. The minimum absolute atomic E-state index is 0. The summed E-state index contributed by atoms with van der Waals surface area (Å²) in [6.45, 7) is -0.204. The number of aliphatic imine (C=N–C) groups is 1. The minimum Gasteiger partial charge on any atom is -0.394 e. The molecule has 0 aromatic carbocycles. The Morgan fingerprint density at radius 3 is 2.05 bits per heavy atom. The van der Waals surface area contributed by atoms with E-state index in [1.54, 1.807) is 0 Å². The van der Waals surface area contributed by atoms with Crippen LogP contribution < -0.4 is 27.8 Å². The molecule has 19 nitrogen and oxygen atoms in total. The summed E-state index contributed by atoms with van der Waals surface area (Å²) < 4.78 is 23.2. The maximum atomic E-state index is 11.3. The van der Waals surface area contributed by atoms with Gasteiger partial charge in [-0.25, -0.2) is 4.99 Å². The fraction of sp³-hybridized carbons (Fsp3) is 0.905. The number of halogens is 1. The first-order valence-electron chi connectivity index (χ1n) is 12.5. The SMILES string of the molecule is CN[C@@H]1[C@H](O[C@H]2[C@H](O[C@H]3[C@H](O)[C@@H](O)[C@H](NC(=N)N)[C@@H](O)[C@@H]3N=C(N)N)O[C@@H](C)[C@]2(O)CO)O[C@@H](CO)[C@H](O)[C@H]1O.Cl. The van der Waals surface area contributed by atoms with Crippen LogP contribution in [0.1, 0.15) is 6.92 Å². The zero-order valence-corrected chi connectivity index (χ0v) is 23.1. The highest BCUT2D eigenvalue weighted by Crippen LogP contribution is 2.39. The molecule has 2 saturated heterocycles. The third-order valence-corrected chi connectivity index (χ3v) is 7.55. The van der Waals surface area contributed by atoms with Gasteiger partial charge in [-0.05, 0) is 14.0 Å². The van der Waals surface area contributed by atoms with Gasteiger partial charge in [0.05, 0.1) is 31.4 Å². The van der Waals surface area contributed by atoms with Gasteiger partial charge in [-0.2, -0.15) is 0 Å². The van der Waals surface area contributed by atoms with Crippen LogP contribution in [0.5, 0.6) is 0 Å². The van der Waals surface area contributed by atoms with Crippen molar-refractivity contribution in [3.05, 3.63) is 0 Å². The second-order valence-electron chi connectivity index (χ2n) is 10.1. The van der Waals surface area contributed by atoms with Crippen LogP contribution in [0.15, 0.2) is 4.99 Å². The molecule has 0 aromatic rings. The zero-order chi connectivity index (χ0) is 30.1. The second kappa shape index (κ2) is 14.2. The molecular weight excluding hydrogens is 578 g/mol. The highest BCUT2D eigenvalue weighted by atomic mass is 35.5. The monoisotopic (exact) mass is 619 g/mol. The number of rotatable bonds is 9. The van der Waals surface area contributed by atoms with E-state index in [0.717, 1.165) is 0 Å². The van der Waals surface area contributed by atoms with Crippen LogP contribution in [0, 0.1) is 5.41 Å². The topological polar surface area (TPSA) is 337 Å². The second-order valence-corrected chi connectivity index (χ2v) is 10.1. The molecule has 0 bridgehead atoms. The van der Waals surface area contributed by atoms with E-state index in [4.69, 9.17) is 41.6 Å². The van der Waals surface area contributed by atoms with Crippen LogP contribution in [-0.2, 0) is 18.9 Å². The predicted molar refractivity (Wildman–Crippen MR) is 140 cm³/mol. The summed E-state index contributed by atoms with van der Waals surface area (Å²) in [5, 5.41) is 96.7. The van der Waals surface area contributed by atoms with Crippen LogP contribution in [0.25, 0.3) is 0 Å². The summed E-state index contributed by atoms with van der Waals surface area (Å²) in [6, 6.07) is -3.94. The molecule has 15 atom stereocenters. The van der Waals surface area contributed by atoms with Gasteiger partial charge in [0.2, 0.25) is 0 Å². The van der Waals surface area contributed by atoms with E-state index < -0.39 is 116 Å².